The quantitative estimate of drug-likeness (QED) is 0.633. The number of fused-ring (bicyclic) bond motifs is 1. The second-order valence-corrected chi connectivity index (χ2v) is 6.32. The molecule has 0 unspecified atom stereocenters. The lowest BCUT2D eigenvalue weighted by atomic mass is 9.99. The maximum absolute atomic E-state index is 12.4. The normalized spacial score (nSPS) is 13.4. The number of imidazole rings is 1. The van der Waals surface area contributed by atoms with E-state index in [0.717, 1.165) is 28.8 Å². The highest BCUT2D eigenvalue weighted by molar-refractivity contribution is 5.76. The number of carbonyl (C=O) groups excluding carboxylic acids is 1. The summed E-state index contributed by atoms with van der Waals surface area (Å²) in [7, 11) is 0. The molecule has 0 aliphatic heterocycles. The van der Waals surface area contributed by atoms with Gasteiger partial charge in [-0.25, -0.2) is 9.78 Å². The van der Waals surface area contributed by atoms with Gasteiger partial charge >= 0.3 is 6.03 Å². The van der Waals surface area contributed by atoms with Crippen LogP contribution in [-0.2, 0) is 6.54 Å². The molecule has 1 heterocycles. The summed E-state index contributed by atoms with van der Waals surface area (Å²) in [4.78, 5) is 20.4. The summed E-state index contributed by atoms with van der Waals surface area (Å²) in [6.07, 6.45) is 0.945. The van der Waals surface area contributed by atoms with Crippen LogP contribution in [0.15, 0.2) is 54.6 Å². The number of benzene rings is 2. The zero-order valence-electron chi connectivity index (χ0n) is 14.6. The number of aromatic nitrogens is 2. The van der Waals surface area contributed by atoms with Gasteiger partial charge < -0.3 is 15.6 Å². The molecule has 3 N–H and O–H groups in total. The fraction of sp³-hybridized carbons (Fsp3) is 0.300. The smallest absolute Gasteiger partial charge is 0.315 e. The Bertz CT molecular complexity index is 795. The zero-order chi connectivity index (χ0) is 17.6. The predicted molar refractivity (Wildman–Crippen MR) is 100 cm³/mol. The second-order valence-electron chi connectivity index (χ2n) is 6.32. The minimum Gasteiger partial charge on any atom is -0.340 e. The van der Waals surface area contributed by atoms with Gasteiger partial charge in [0.05, 0.1) is 17.1 Å². The minimum atomic E-state index is -0.186. The molecule has 130 valence electrons. The molecule has 0 bridgehead atoms. The monoisotopic (exact) mass is 336 g/mol. The number of urea groups is 1. The van der Waals surface area contributed by atoms with Crippen LogP contribution in [0.3, 0.4) is 0 Å². The number of rotatable bonds is 6. The molecule has 1 aromatic heterocycles. The molecule has 3 aromatic rings. The first-order chi connectivity index (χ1) is 12.2. The number of aromatic amines is 1. The number of H-pyrrole nitrogens is 1. The Kier molecular flexibility index (Phi) is 5.33. The van der Waals surface area contributed by atoms with Crippen molar-refractivity contribution in [1.82, 2.24) is 20.6 Å². The van der Waals surface area contributed by atoms with Crippen LogP contribution < -0.4 is 10.6 Å². The lowest BCUT2D eigenvalue weighted by Crippen LogP contribution is -2.40. The van der Waals surface area contributed by atoms with E-state index in [2.05, 4.69) is 34.4 Å². The molecule has 3 rings (SSSR count). The van der Waals surface area contributed by atoms with Gasteiger partial charge in [-0.1, -0.05) is 62.7 Å². The van der Waals surface area contributed by atoms with E-state index < -0.39 is 0 Å². The first kappa shape index (κ1) is 17.0. The molecule has 2 atom stereocenters. The molecule has 0 spiro atoms. The number of nitrogens with one attached hydrogen (secondary N) is 3. The molecule has 0 aliphatic rings. The molecule has 5 nitrogen and oxygen atoms in total. The Morgan fingerprint density at radius 3 is 2.56 bits per heavy atom. The topological polar surface area (TPSA) is 69.8 Å². The molecule has 0 saturated carbocycles. The van der Waals surface area contributed by atoms with Crippen LogP contribution in [0, 0.1) is 5.92 Å². The third-order valence-electron chi connectivity index (χ3n) is 4.50. The Labute approximate surface area is 147 Å². The van der Waals surface area contributed by atoms with Crippen molar-refractivity contribution < 1.29 is 4.79 Å². The maximum atomic E-state index is 12.4. The average Bonchev–Trinajstić information content (AvgIpc) is 3.08. The Hall–Kier alpha value is -2.82. The Morgan fingerprint density at radius 1 is 1.12 bits per heavy atom. The third kappa shape index (κ3) is 4.18. The standard InChI is InChI=1S/C20H24N4O/c1-3-14(2)18(19-22-16-11-7-8-12-17(16)23-19)24-20(25)21-13-15-9-5-4-6-10-15/h4-12,14,18H,3,13H2,1-2H3,(H,22,23)(H2,21,24,25)/t14-,18+/m0/s1. The predicted octanol–water partition coefficient (Wildman–Crippen LogP) is 4.15. The van der Waals surface area contributed by atoms with Crippen LogP contribution in [0.2, 0.25) is 0 Å². The number of amides is 2. The second kappa shape index (κ2) is 7.83. The minimum absolute atomic E-state index is 0.159. The molecular weight excluding hydrogens is 312 g/mol. The van der Waals surface area contributed by atoms with E-state index in [1.54, 1.807) is 0 Å². The Balaban J connectivity index is 1.71. The molecule has 0 radical (unpaired) electrons. The molecule has 25 heavy (non-hydrogen) atoms. The number of nitrogens with zero attached hydrogens (tertiary/aromatic N) is 1. The summed E-state index contributed by atoms with van der Waals surface area (Å²) in [5.41, 5.74) is 2.97. The summed E-state index contributed by atoms with van der Waals surface area (Å²) < 4.78 is 0. The van der Waals surface area contributed by atoms with Crippen LogP contribution in [0.25, 0.3) is 11.0 Å². The Morgan fingerprint density at radius 2 is 1.84 bits per heavy atom. The van der Waals surface area contributed by atoms with Gasteiger partial charge in [-0.2, -0.15) is 0 Å². The van der Waals surface area contributed by atoms with Crippen molar-refractivity contribution in [2.24, 2.45) is 5.92 Å². The number of para-hydroxylation sites is 2. The van der Waals surface area contributed by atoms with Crippen LogP contribution in [0.5, 0.6) is 0 Å². The van der Waals surface area contributed by atoms with E-state index in [-0.39, 0.29) is 18.0 Å². The number of hydrogen-bond acceptors (Lipinski definition) is 2. The third-order valence-corrected chi connectivity index (χ3v) is 4.50. The van der Waals surface area contributed by atoms with E-state index in [1.807, 2.05) is 54.6 Å². The van der Waals surface area contributed by atoms with Crippen molar-refractivity contribution in [3.8, 4) is 0 Å². The van der Waals surface area contributed by atoms with Crippen molar-refractivity contribution in [2.75, 3.05) is 0 Å². The van der Waals surface area contributed by atoms with Gasteiger partial charge in [0.15, 0.2) is 0 Å². The van der Waals surface area contributed by atoms with E-state index >= 15 is 0 Å². The summed E-state index contributed by atoms with van der Waals surface area (Å²) in [6, 6.07) is 17.4. The van der Waals surface area contributed by atoms with Gasteiger partial charge in [0.1, 0.15) is 5.82 Å². The lowest BCUT2D eigenvalue weighted by molar-refractivity contribution is 0.230. The van der Waals surface area contributed by atoms with Gasteiger partial charge in [0.25, 0.3) is 0 Å². The van der Waals surface area contributed by atoms with Crippen molar-refractivity contribution in [1.29, 1.82) is 0 Å². The fourth-order valence-corrected chi connectivity index (χ4v) is 2.81. The summed E-state index contributed by atoms with van der Waals surface area (Å²) in [5, 5.41) is 5.99. The summed E-state index contributed by atoms with van der Waals surface area (Å²) in [6.45, 7) is 4.74. The van der Waals surface area contributed by atoms with Gasteiger partial charge in [0, 0.05) is 6.54 Å². The maximum Gasteiger partial charge on any atom is 0.315 e. The van der Waals surface area contributed by atoms with Crippen LogP contribution >= 0.6 is 0 Å². The first-order valence-electron chi connectivity index (χ1n) is 8.70. The molecular formula is C20H24N4O. The molecule has 0 aliphatic carbocycles. The number of hydrogen-bond donors (Lipinski definition) is 3. The van der Waals surface area contributed by atoms with Crippen LogP contribution in [-0.4, -0.2) is 16.0 Å². The molecule has 0 saturated heterocycles. The largest absolute Gasteiger partial charge is 0.340 e. The van der Waals surface area contributed by atoms with E-state index in [1.165, 1.54) is 0 Å². The SMILES string of the molecule is CC[C@H](C)[C@@H](NC(=O)NCc1ccccc1)c1nc2ccccc2[nH]1. The highest BCUT2D eigenvalue weighted by Gasteiger charge is 2.23. The molecule has 0 fully saturated rings. The van der Waals surface area contributed by atoms with Crippen molar-refractivity contribution in [2.45, 2.75) is 32.9 Å². The average molecular weight is 336 g/mol. The van der Waals surface area contributed by atoms with E-state index in [9.17, 15) is 4.79 Å². The van der Waals surface area contributed by atoms with Crippen LogP contribution in [0.1, 0.15) is 37.7 Å². The summed E-state index contributed by atoms with van der Waals surface area (Å²) >= 11 is 0. The zero-order valence-corrected chi connectivity index (χ0v) is 14.6. The van der Waals surface area contributed by atoms with Crippen LogP contribution in [0.4, 0.5) is 4.79 Å². The van der Waals surface area contributed by atoms with Crippen molar-refractivity contribution in [3.63, 3.8) is 0 Å². The molecule has 2 amide bonds. The van der Waals surface area contributed by atoms with Crippen molar-refractivity contribution >= 4 is 17.1 Å². The molecule has 5 heteroatoms. The highest BCUT2D eigenvalue weighted by atomic mass is 16.2. The van der Waals surface area contributed by atoms with Gasteiger partial charge in [-0.15, -0.1) is 0 Å². The van der Waals surface area contributed by atoms with Crippen molar-refractivity contribution in [3.05, 3.63) is 66.0 Å². The van der Waals surface area contributed by atoms with Gasteiger partial charge in [-0.3, -0.25) is 0 Å². The highest BCUT2D eigenvalue weighted by Crippen LogP contribution is 2.24. The molecule has 2 aromatic carbocycles. The lowest BCUT2D eigenvalue weighted by Gasteiger charge is -2.22. The number of carbonyl (C=O) groups is 1. The van der Waals surface area contributed by atoms with Gasteiger partial charge in [-0.05, 0) is 23.6 Å². The van der Waals surface area contributed by atoms with E-state index in [4.69, 9.17) is 0 Å². The summed E-state index contributed by atoms with van der Waals surface area (Å²) in [5.74, 6) is 1.06. The van der Waals surface area contributed by atoms with E-state index in [0.29, 0.717) is 6.54 Å². The first-order valence-corrected chi connectivity index (χ1v) is 8.70. The van der Waals surface area contributed by atoms with Gasteiger partial charge in [0.2, 0.25) is 0 Å². The fourth-order valence-electron chi connectivity index (χ4n) is 2.81.